The third-order valence-electron chi connectivity index (χ3n) is 3.48. The quantitative estimate of drug-likeness (QED) is 0.751. The first kappa shape index (κ1) is 15.9. The van der Waals surface area contributed by atoms with Crippen molar-refractivity contribution in [1.82, 2.24) is 9.47 Å². The summed E-state index contributed by atoms with van der Waals surface area (Å²) in [5, 5.41) is 1.92. The highest BCUT2D eigenvalue weighted by atomic mass is 32.1. The summed E-state index contributed by atoms with van der Waals surface area (Å²) in [5.74, 6) is 0. The van der Waals surface area contributed by atoms with Gasteiger partial charge in [0, 0.05) is 44.4 Å². The molecule has 2 aromatic rings. The van der Waals surface area contributed by atoms with Crippen LogP contribution in [0, 0.1) is 6.92 Å². The zero-order valence-electron chi connectivity index (χ0n) is 12.6. The van der Waals surface area contributed by atoms with Gasteiger partial charge in [0.1, 0.15) is 0 Å². The Bertz CT molecular complexity index is 592. The van der Waals surface area contributed by atoms with Crippen LogP contribution in [0.25, 0.3) is 0 Å². The molecule has 0 fully saturated rings. The predicted molar refractivity (Wildman–Crippen MR) is 86.9 cm³/mol. The minimum Gasteiger partial charge on any atom is -0.383 e. The van der Waals surface area contributed by atoms with Crippen molar-refractivity contribution in [2.45, 2.75) is 20.0 Å². The summed E-state index contributed by atoms with van der Waals surface area (Å²) in [6, 6.07) is 10.4. The number of aromatic nitrogens is 1. The van der Waals surface area contributed by atoms with Gasteiger partial charge in [-0.05, 0) is 12.5 Å². The number of nitrogens with zero attached hydrogens (tertiary/aromatic N) is 2. The number of benzene rings is 1. The number of methoxy groups -OCH3 is 1. The molecule has 1 heterocycles. The Morgan fingerprint density at radius 3 is 2.62 bits per heavy atom. The molecule has 0 amide bonds. The van der Waals surface area contributed by atoms with Crippen molar-refractivity contribution in [3.05, 3.63) is 56.6 Å². The van der Waals surface area contributed by atoms with E-state index < -0.39 is 0 Å². The smallest absolute Gasteiger partial charge is 0.307 e. The molecule has 0 aliphatic rings. The largest absolute Gasteiger partial charge is 0.383 e. The average Bonchev–Trinajstić information content (AvgIpc) is 2.82. The third kappa shape index (κ3) is 4.81. The van der Waals surface area contributed by atoms with Crippen LogP contribution in [0.3, 0.4) is 0 Å². The summed E-state index contributed by atoms with van der Waals surface area (Å²) in [5.41, 5.74) is 2.32. The molecule has 21 heavy (non-hydrogen) atoms. The fourth-order valence-electron chi connectivity index (χ4n) is 2.25. The van der Waals surface area contributed by atoms with Gasteiger partial charge in [-0.1, -0.05) is 41.7 Å². The number of hydrogen-bond acceptors (Lipinski definition) is 4. The van der Waals surface area contributed by atoms with E-state index in [0.29, 0.717) is 6.61 Å². The van der Waals surface area contributed by atoms with E-state index in [1.807, 2.05) is 22.9 Å². The van der Waals surface area contributed by atoms with Gasteiger partial charge in [-0.3, -0.25) is 9.69 Å². The Labute approximate surface area is 129 Å². The minimum atomic E-state index is 0.124. The number of thiazole rings is 1. The molecule has 0 atom stereocenters. The molecule has 0 saturated heterocycles. The second-order valence-electron chi connectivity index (χ2n) is 5.05. The van der Waals surface area contributed by atoms with Gasteiger partial charge in [-0.2, -0.15) is 0 Å². The first-order valence-corrected chi connectivity index (χ1v) is 7.99. The summed E-state index contributed by atoms with van der Waals surface area (Å²) >= 11 is 1.27. The summed E-state index contributed by atoms with van der Waals surface area (Å²) in [4.78, 5) is 14.2. The summed E-state index contributed by atoms with van der Waals surface area (Å²) in [7, 11) is 1.72. The van der Waals surface area contributed by atoms with Crippen molar-refractivity contribution >= 4 is 11.3 Å². The maximum atomic E-state index is 11.8. The molecule has 0 aliphatic carbocycles. The Morgan fingerprint density at radius 2 is 2.00 bits per heavy atom. The molecule has 0 N–H and O–H groups in total. The lowest BCUT2D eigenvalue weighted by Crippen LogP contribution is -2.32. The zero-order chi connectivity index (χ0) is 15.1. The van der Waals surface area contributed by atoms with Crippen LogP contribution in [0.2, 0.25) is 0 Å². The van der Waals surface area contributed by atoms with Crippen LogP contribution in [0.1, 0.15) is 11.3 Å². The first-order chi connectivity index (χ1) is 10.2. The molecular formula is C16H22N2O2S. The molecule has 2 rings (SSSR count). The van der Waals surface area contributed by atoms with Crippen LogP contribution >= 0.6 is 11.3 Å². The van der Waals surface area contributed by atoms with E-state index in [1.54, 1.807) is 7.11 Å². The SMILES string of the molecule is COCCN(CCn1c(C)csc1=O)Cc1ccccc1. The standard InChI is InChI=1S/C16H22N2O2S/c1-14-13-21-16(19)18(14)9-8-17(10-11-20-2)12-15-6-4-3-5-7-15/h3-7,13H,8-12H2,1-2H3. The van der Waals surface area contributed by atoms with Gasteiger partial charge in [0.05, 0.1) is 6.61 Å². The molecule has 114 valence electrons. The number of hydrogen-bond donors (Lipinski definition) is 0. The van der Waals surface area contributed by atoms with E-state index in [1.165, 1.54) is 16.9 Å². The molecule has 1 aromatic heterocycles. The van der Waals surface area contributed by atoms with Crippen molar-refractivity contribution < 1.29 is 4.74 Å². The fraction of sp³-hybridized carbons (Fsp3) is 0.438. The van der Waals surface area contributed by atoms with Crippen LogP contribution in [0.15, 0.2) is 40.5 Å². The lowest BCUT2D eigenvalue weighted by molar-refractivity contribution is 0.141. The molecule has 0 unspecified atom stereocenters. The van der Waals surface area contributed by atoms with E-state index in [9.17, 15) is 4.79 Å². The highest BCUT2D eigenvalue weighted by molar-refractivity contribution is 7.07. The molecule has 0 radical (unpaired) electrons. The van der Waals surface area contributed by atoms with Gasteiger partial charge < -0.3 is 9.30 Å². The van der Waals surface area contributed by atoms with E-state index in [4.69, 9.17) is 4.74 Å². The molecule has 0 spiro atoms. The molecule has 5 heteroatoms. The van der Waals surface area contributed by atoms with Crippen molar-refractivity contribution in [1.29, 1.82) is 0 Å². The van der Waals surface area contributed by atoms with Crippen molar-refractivity contribution in [3.63, 3.8) is 0 Å². The molecular weight excluding hydrogens is 284 g/mol. The van der Waals surface area contributed by atoms with E-state index in [2.05, 4.69) is 29.2 Å². The molecule has 0 bridgehead atoms. The molecule has 4 nitrogen and oxygen atoms in total. The van der Waals surface area contributed by atoms with Crippen molar-refractivity contribution in [2.75, 3.05) is 26.8 Å². The van der Waals surface area contributed by atoms with Crippen molar-refractivity contribution in [2.24, 2.45) is 0 Å². The Hall–Kier alpha value is -1.43. The van der Waals surface area contributed by atoms with Gasteiger partial charge >= 0.3 is 4.87 Å². The topological polar surface area (TPSA) is 34.5 Å². The predicted octanol–water partition coefficient (Wildman–Crippen LogP) is 2.37. The molecule has 1 aromatic carbocycles. The van der Waals surface area contributed by atoms with Crippen molar-refractivity contribution in [3.8, 4) is 0 Å². The van der Waals surface area contributed by atoms with Crippen LogP contribution in [0.4, 0.5) is 0 Å². The van der Waals surface area contributed by atoms with Crippen LogP contribution in [0.5, 0.6) is 0 Å². The normalized spacial score (nSPS) is 11.2. The van der Waals surface area contributed by atoms with Crippen LogP contribution < -0.4 is 4.87 Å². The number of aryl methyl sites for hydroxylation is 1. The summed E-state index contributed by atoms with van der Waals surface area (Å²) < 4.78 is 7.03. The first-order valence-electron chi connectivity index (χ1n) is 7.11. The second-order valence-corrected chi connectivity index (χ2v) is 5.87. The Balaban J connectivity index is 1.98. The van der Waals surface area contributed by atoms with E-state index >= 15 is 0 Å². The highest BCUT2D eigenvalue weighted by Gasteiger charge is 2.08. The summed E-state index contributed by atoms with van der Waals surface area (Å²) in [6.07, 6.45) is 0. The minimum absolute atomic E-state index is 0.124. The lowest BCUT2D eigenvalue weighted by atomic mass is 10.2. The van der Waals surface area contributed by atoms with Crippen LogP contribution in [-0.2, 0) is 17.8 Å². The fourth-order valence-corrected chi connectivity index (χ4v) is 3.01. The maximum absolute atomic E-state index is 11.8. The number of ether oxygens (including phenoxy) is 1. The average molecular weight is 306 g/mol. The molecule has 0 saturated carbocycles. The van der Waals surface area contributed by atoms with E-state index in [0.717, 1.165) is 31.9 Å². The zero-order valence-corrected chi connectivity index (χ0v) is 13.4. The van der Waals surface area contributed by atoms with Gasteiger partial charge in [0.25, 0.3) is 0 Å². The Kier molecular flexibility index (Phi) is 6.17. The van der Waals surface area contributed by atoms with E-state index in [-0.39, 0.29) is 4.87 Å². The highest BCUT2D eigenvalue weighted by Crippen LogP contribution is 2.06. The van der Waals surface area contributed by atoms with Crippen LogP contribution in [-0.4, -0.2) is 36.3 Å². The van der Waals surface area contributed by atoms with Gasteiger partial charge in [0.2, 0.25) is 0 Å². The monoisotopic (exact) mass is 306 g/mol. The maximum Gasteiger partial charge on any atom is 0.307 e. The molecule has 0 aliphatic heterocycles. The second kappa shape index (κ2) is 8.12. The lowest BCUT2D eigenvalue weighted by Gasteiger charge is -2.22. The van der Waals surface area contributed by atoms with Gasteiger partial charge in [-0.25, -0.2) is 0 Å². The third-order valence-corrected chi connectivity index (χ3v) is 4.36. The summed E-state index contributed by atoms with van der Waals surface area (Å²) in [6.45, 7) is 5.99. The van der Waals surface area contributed by atoms with Gasteiger partial charge in [-0.15, -0.1) is 0 Å². The Morgan fingerprint density at radius 1 is 1.24 bits per heavy atom. The van der Waals surface area contributed by atoms with Gasteiger partial charge in [0.15, 0.2) is 0 Å². The number of rotatable bonds is 8.